The number of benzene rings is 3. The van der Waals surface area contributed by atoms with Crippen molar-refractivity contribution in [2.24, 2.45) is 0 Å². The predicted octanol–water partition coefficient (Wildman–Crippen LogP) is 6.58. The van der Waals surface area contributed by atoms with Gasteiger partial charge in [0, 0.05) is 18.6 Å². The van der Waals surface area contributed by atoms with E-state index in [0.717, 1.165) is 22.3 Å². The van der Waals surface area contributed by atoms with Gasteiger partial charge in [-0.1, -0.05) is 51.1 Å². The van der Waals surface area contributed by atoms with Gasteiger partial charge in [0.25, 0.3) is 0 Å². The number of methoxy groups -OCH3 is 2. The summed E-state index contributed by atoms with van der Waals surface area (Å²) in [5.41, 5.74) is 3.89. The van der Waals surface area contributed by atoms with E-state index in [2.05, 4.69) is 26.8 Å². The minimum absolute atomic E-state index is 0.0193. The molecule has 0 amide bonds. The Bertz CT molecular complexity index is 1170. The monoisotopic (exact) mass is 480 g/mol. The molecule has 35 heavy (non-hydrogen) atoms. The van der Waals surface area contributed by atoms with Crippen LogP contribution >= 0.6 is 0 Å². The summed E-state index contributed by atoms with van der Waals surface area (Å²) in [5.74, 6) is -0.187. The van der Waals surface area contributed by atoms with Gasteiger partial charge >= 0.3 is 5.97 Å². The maximum Gasteiger partial charge on any atom is 0.304 e. The Morgan fingerprint density at radius 3 is 2.40 bits per heavy atom. The summed E-state index contributed by atoms with van der Waals surface area (Å²) in [7, 11) is 3.12. The molecule has 5 nitrogen and oxygen atoms in total. The molecule has 3 rings (SSSR count). The molecule has 0 aliphatic rings. The molecule has 186 valence electrons. The van der Waals surface area contributed by atoms with E-state index in [-0.39, 0.29) is 23.6 Å². The van der Waals surface area contributed by atoms with Crippen LogP contribution in [0.3, 0.4) is 0 Å². The maximum atomic E-state index is 14.7. The first-order valence-electron chi connectivity index (χ1n) is 11.5. The lowest BCUT2D eigenvalue weighted by atomic mass is 9.81. The zero-order valence-electron chi connectivity index (χ0n) is 20.9. The van der Waals surface area contributed by atoms with Crippen LogP contribution in [0.25, 0.3) is 11.1 Å². The van der Waals surface area contributed by atoms with Gasteiger partial charge in [-0.05, 0) is 58.0 Å². The van der Waals surface area contributed by atoms with Gasteiger partial charge in [-0.3, -0.25) is 4.79 Å². The van der Waals surface area contributed by atoms with Crippen molar-refractivity contribution in [2.75, 3.05) is 20.8 Å². The summed E-state index contributed by atoms with van der Waals surface area (Å²) >= 11 is 0. The summed E-state index contributed by atoms with van der Waals surface area (Å²) in [6.07, 6.45) is -0.0193. The molecule has 0 saturated heterocycles. The molecule has 0 aliphatic heterocycles. The summed E-state index contributed by atoms with van der Waals surface area (Å²) < 4.78 is 31.3. The molecule has 0 saturated carbocycles. The van der Waals surface area contributed by atoms with Crippen molar-refractivity contribution in [1.29, 1.82) is 0 Å². The van der Waals surface area contributed by atoms with Gasteiger partial charge in [0.05, 0.1) is 20.1 Å². The Labute approximate surface area is 206 Å². The smallest absolute Gasteiger partial charge is 0.304 e. The molecule has 6 heteroatoms. The fourth-order valence-corrected chi connectivity index (χ4v) is 4.08. The van der Waals surface area contributed by atoms with Gasteiger partial charge in [0.2, 0.25) is 0 Å². The molecule has 0 radical (unpaired) electrons. The lowest BCUT2D eigenvalue weighted by Gasteiger charge is -2.24. The van der Waals surface area contributed by atoms with Crippen LogP contribution in [0.1, 0.15) is 49.8 Å². The van der Waals surface area contributed by atoms with Gasteiger partial charge < -0.3 is 19.3 Å². The van der Waals surface area contributed by atoms with Crippen molar-refractivity contribution in [3.05, 3.63) is 83.2 Å². The van der Waals surface area contributed by atoms with Crippen LogP contribution in [0.2, 0.25) is 0 Å². The van der Waals surface area contributed by atoms with E-state index in [9.17, 15) is 14.3 Å². The fraction of sp³-hybridized carbons (Fsp3) is 0.345. The molecule has 1 N–H and O–H groups in total. The van der Waals surface area contributed by atoms with Gasteiger partial charge in [-0.25, -0.2) is 4.39 Å². The number of hydrogen-bond donors (Lipinski definition) is 1. The highest BCUT2D eigenvalue weighted by atomic mass is 19.1. The second-order valence-corrected chi connectivity index (χ2v) is 9.59. The second-order valence-electron chi connectivity index (χ2n) is 9.59. The van der Waals surface area contributed by atoms with Crippen molar-refractivity contribution >= 4 is 5.97 Å². The minimum atomic E-state index is -0.874. The lowest BCUT2D eigenvalue weighted by molar-refractivity contribution is -0.137. The molecule has 0 aliphatic carbocycles. The third-order valence-corrected chi connectivity index (χ3v) is 5.88. The highest BCUT2D eigenvalue weighted by Crippen LogP contribution is 2.37. The average Bonchev–Trinajstić information content (AvgIpc) is 2.82. The zero-order chi connectivity index (χ0) is 25.6. The average molecular weight is 481 g/mol. The molecule has 0 unspecified atom stereocenters. The zero-order valence-corrected chi connectivity index (χ0v) is 20.9. The van der Waals surface area contributed by atoms with E-state index in [4.69, 9.17) is 14.2 Å². The molecule has 3 aromatic rings. The van der Waals surface area contributed by atoms with Crippen LogP contribution in [0, 0.1) is 5.82 Å². The topological polar surface area (TPSA) is 65.0 Å². The van der Waals surface area contributed by atoms with Crippen molar-refractivity contribution in [1.82, 2.24) is 0 Å². The van der Waals surface area contributed by atoms with E-state index < -0.39 is 5.97 Å². The number of hydrogen-bond acceptors (Lipinski definition) is 4. The Morgan fingerprint density at radius 1 is 0.971 bits per heavy atom. The molecule has 0 aromatic heterocycles. The van der Waals surface area contributed by atoms with Crippen LogP contribution in [-0.2, 0) is 21.6 Å². The first-order chi connectivity index (χ1) is 16.6. The van der Waals surface area contributed by atoms with Crippen LogP contribution in [0.15, 0.2) is 60.7 Å². The van der Waals surface area contributed by atoms with E-state index in [1.54, 1.807) is 26.4 Å². The summed E-state index contributed by atoms with van der Waals surface area (Å²) in [4.78, 5) is 11.2. The summed E-state index contributed by atoms with van der Waals surface area (Å²) in [6, 6.07) is 18.1. The number of rotatable bonds is 10. The fourth-order valence-electron chi connectivity index (χ4n) is 4.08. The van der Waals surface area contributed by atoms with Gasteiger partial charge in [-0.2, -0.15) is 0 Å². The first kappa shape index (κ1) is 26.2. The van der Waals surface area contributed by atoms with Crippen molar-refractivity contribution in [3.63, 3.8) is 0 Å². The van der Waals surface area contributed by atoms with Gasteiger partial charge in [-0.15, -0.1) is 0 Å². The van der Waals surface area contributed by atoms with E-state index in [1.807, 2.05) is 36.4 Å². The van der Waals surface area contributed by atoms with E-state index in [1.165, 1.54) is 6.07 Å². The Hall–Kier alpha value is -3.38. The number of carboxylic acid groups (broad SMARTS) is 1. The predicted molar refractivity (Wildman–Crippen MR) is 135 cm³/mol. The molecular weight excluding hydrogens is 447 g/mol. The summed E-state index contributed by atoms with van der Waals surface area (Å²) in [6.45, 7) is 6.91. The number of ether oxygens (including phenoxy) is 3. The Kier molecular flexibility index (Phi) is 8.52. The third-order valence-electron chi connectivity index (χ3n) is 5.88. The van der Waals surface area contributed by atoms with Crippen LogP contribution < -0.4 is 9.47 Å². The standard InChI is InChI=1S/C29H33FO5/c1-29(2,3)26-13-19(9-11-24(26)25-16-22(34-5)10-12-27(25)30)17-35-23-8-6-7-20(14-23)21(18-33-4)15-28(31)32/h6-14,16,21H,15,17-18H2,1-5H3,(H,31,32)/t21-/m0/s1. The molecule has 0 heterocycles. The van der Waals surface area contributed by atoms with Crippen molar-refractivity contribution in [3.8, 4) is 22.6 Å². The first-order valence-corrected chi connectivity index (χ1v) is 11.5. The molecule has 1 atom stereocenters. The molecular formula is C29H33FO5. The van der Waals surface area contributed by atoms with Gasteiger partial charge in [0.15, 0.2) is 0 Å². The largest absolute Gasteiger partial charge is 0.497 e. The molecule has 0 spiro atoms. The van der Waals surface area contributed by atoms with Gasteiger partial charge in [0.1, 0.15) is 23.9 Å². The molecule has 3 aromatic carbocycles. The molecule has 0 fully saturated rings. The lowest BCUT2D eigenvalue weighted by Crippen LogP contribution is -2.14. The SMILES string of the molecule is COC[C@H](CC(=O)O)c1cccc(OCc2ccc(-c3cc(OC)ccc3F)c(C(C)(C)C)c2)c1. The van der Waals surface area contributed by atoms with Crippen molar-refractivity contribution < 1.29 is 28.5 Å². The van der Waals surface area contributed by atoms with Crippen LogP contribution in [0.5, 0.6) is 11.5 Å². The van der Waals surface area contributed by atoms with Crippen molar-refractivity contribution in [2.45, 2.75) is 45.1 Å². The highest BCUT2D eigenvalue weighted by Gasteiger charge is 2.22. The van der Waals surface area contributed by atoms with Crippen LogP contribution in [0.4, 0.5) is 4.39 Å². The quantitative estimate of drug-likeness (QED) is 0.355. The summed E-state index contributed by atoms with van der Waals surface area (Å²) in [5, 5.41) is 9.22. The Balaban J connectivity index is 1.87. The normalized spacial score (nSPS) is 12.3. The highest BCUT2D eigenvalue weighted by molar-refractivity contribution is 5.71. The molecule has 0 bridgehead atoms. The number of halogens is 1. The van der Waals surface area contributed by atoms with E-state index >= 15 is 0 Å². The maximum absolute atomic E-state index is 14.7. The van der Waals surface area contributed by atoms with E-state index in [0.29, 0.717) is 30.3 Å². The Morgan fingerprint density at radius 2 is 1.74 bits per heavy atom. The number of aliphatic carboxylic acids is 1. The second kappa shape index (κ2) is 11.4. The van der Waals surface area contributed by atoms with Crippen LogP contribution in [-0.4, -0.2) is 31.9 Å². The third kappa shape index (κ3) is 6.83. The number of carbonyl (C=O) groups is 1. The number of carboxylic acids is 1. The minimum Gasteiger partial charge on any atom is -0.497 e.